The van der Waals surface area contributed by atoms with Crippen molar-refractivity contribution >= 4 is 21.6 Å². The van der Waals surface area contributed by atoms with Crippen LogP contribution in [0.25, 0.3) is 0 Å². The summed E-state index contributed by atoms with van der Waals surface area (Å²) in [5, 5.41) is 2.90. The molecule has 7 heteroatoms. The number of anilines is 1. The number of carbonyl (C=O) groups excluding carboxylic acids is 1. The van der Waals surface area contributed by atoms with Gasteiger partial charge in [0, 0.05) is 13.1 Å². The van der Waals surface area contributed by atoms with Gasteiger partial charge in [0.2, 0.25) is 10.0 Å². The number of rotatable bonds is 8. The van der Waals surface area contributed by atoms with Gasteiger partial charge in [0.15, 0.2) is 6.10 Å². The van der Waals surface area contributed by atoms with E-state index in [0.29, 0.717) is 11.4 Å². The summed E-state index contributed by atoms with van der Waals surface area (Å²) in [5.74, 6) is 0.352. The Labute approximate surface area is 138 Å². The van der Waals surface area contributed by atoms with Crippen molar-refractivity contribution in [2.45, 2.75) is 45.8 Å². The van der Waals surface area contributed by atoms with Crippen molar-refractivity contribution in [3.8, 4) is 5.75 Å². The number of hydrogen-bond donors (Lipinski definition) is 1. The Bertz CT molecular complexity index is 613. The molecule has 0 aliphatic carbocycles. The molecule has 0 aliphatic heterocycles. The van der Waals surface area contributed by atoms with E-state index in [0.717, 1.165) is 19.1 Å². The highest BCUT2D eigenvalue weighted by Gasteiger charge is 2.17. The number of nitrogens with one attached hydrogen (secondary N) is 1. The summed E-state index contributed by atoms with van der Waals surface area (Å²) < 4.78 is 29.7. The van der Waals surface area contributed by atoms with E-state index in [-0.39, 0.29) is 11.9 Å². The van der Waals surface area contributed by atoms with Gasteiger partial charge < -0.3 is 10.1 Å². The average molecular weight is 342 g/mol. The number of amides is 1. The molecule has 1 aromatic rings. The maximum absolute atomic E-state index is 12.0. The van der Waals surface area contributed by atoms with E-state index in [2.05, 4.69) is 12.2 Å². The lowest BCUT2D eigenvalue weighted by molar-refractivity contribution is -0.127. The van der Waals surface area contributed by atoms with Crippen LogP contribution in [0.2, 0.25) is 0 Å². The van der Waals surface area contributed by atoms with E-state index < -0.39 is 16.1 Å². The molecular weight excluding hydrogens is 316 g/mol. The van der Waals surface area contributed by atoms with Gasteiger partial charge in [-0.2, -0.15) is 0 Å². The Morgan fingerprint density at radius 1 is 1.26 bits per heavy atom. The second-order valence-corrected chi connectivity index (χ2v) is 7.70. The number of sulfonamides is 1. The summed E-state index contributed by atoms with van der Waals surface area (Å²) in [7, 11) is -1.81. The van der Waals surface area contributed by atoms with Gasteiger partial charge in [0.25, 0.3) is 5.91 Å². The Kier molecular flexibility index (Phi) is 6.87. The summed E-state index contributed by atoms with van der Waals surface area (Å²) in [6.45, 7) is 5.71. The minimum absolute atomic E-state index is 0.115. The van der Waals surface area contributed by atoms with Crippen LogP contribution in [0.15, 0.2) is 24.3 Å². The van der Waals surface area contributed by atoms with Gasteiger partial charge in [0.1, 0.15) is 5.75 Å². The van der Waals surface area contributed by atoms with Gasteiger partial charge >= 0.3 is 0 Å². The van der Waals surface area contributed by atoms with Crippen molar-refractivity contribution in [3.63, 3.8) is 0 Å². The van der Waals surface area contributed by atoms with Crippen LogP contribution < -0.4 is 14.4 Å². The molecule has 2 atom stereocenters. The normalized spacial score (nSPS) is 14.0. The van der Waals surface area contributed by atoms with Gasteiger partial charge in [-0.05, 0) is 44.5 Å². The molecule has 0 unspecified atom stereocenters. The molecule has 0 aliphatic rings. The molecule has 1 aromatic carbocycles. The van der Waals surface area contributed by atoms with Crippen LogP contribution in [0.4, 0.5) is 5.69 Å². The smallest absolute Gasteiger partial charge is 0.260 e. The number of nitrogens with zero attached hydrogens (tertiary/aromatic N) is 1. The molecule has 0 bridgehead atoms. The quantitative estimate of drug-likeness (QED) is 0.785. The van der Waals surface area contributed by atoms with Crippen molar-refractivity contribution in [2.75, 3.05) is 17.6 Å². The maximum atomic E-state index is 12.0. The molecule has 0 fully saturated rings. The largest absolute Gasteiger partial charge is 0.481 e. The number of carbonyl (C=O) groups is 1. The lowest BCUT2D eigenvalue weighted by Crippen LogP contribution is -2.41. The zero-order valence-corrected chi connectivity index (χ0v) is 15.2. The second kappa shape index (κ2) is 8.19. The molecule has 23 heavy (non-hydrogen) atoms. The number of ether oxygens (including phenoxy) is 1. The van der Waals surface area contributed by atoms with E-state index in [9.17, 15) is 13.2 Å². The standard InChI is InChI=1S/C16H26N2O4S/c1-6-7-12(2)17-16(19)13(3)22-15-10-8-14(9-11-15)18(4)23(5,20)21/h8-13H,6-7H2,1-5H3,(H,17,19)/t12-,13+/m1/s1. The zero-order chi connectivity index (χ0) is 17.6. The Hall–Kier alpha value is -1.76. The first-order chi connectivity index (χ1) is 10.6. The molecule has 0 radical (unpaired) electrons. The highest BCUT2D eigenvalue weighted by Crippen LogP contribution is 2.21. The van der Waals surface area contributed by atoms with E-state index in [4.69, 9.17) is 4.74 Å². The van der Waals surface area contributed by atoms with Crippen LogP contribution in [0.3, 0.4) is 0 Å². The van der Waals surface area contributed by atoms with Crippen molar-refractivity contribution < 1.29 is 17.9 Å². The summed E-state index contributed by atoms with van der Waals surface area (Å²) in [5.41, 5.74) is 0.536. The summed E-state index contributed by atoms with van der Waals surface area (Å²) >= 11 is 0. The lowest BCUT2D eigenvalue weighted by Gasteiger charge is -2.19. The first-order valence-corrected chi connectivity index (χ1v) is 9.51. The third-order valence-corrected chi connectivity index (χ3v) is 4.70. The topological polar surface area (TPSA) is 75.7 Å². The molecule has 1 N–H and O–H groups in total. The molecule has 0 aromatic heterocycles. The SMILES string of the molecule is CCC[C@@H](C)NC(=O)[C@H](C)Oc1ccc(N(C)S(C)(=O)=O)cc1. The van der Waals surface area contributed by atoms with Gasteiger partial charge in [0.05, 0.1) is 11.9 Å². The molecule has 1 amide bonds. The third kappa shape index (κ3) is 6.09. The summed E-state index contributed by atoms with van der Waals surface area (Å²) in [6.07, 6.45) is 2.45. The molecule has 6 nitrogen and oxygen atoms in total. The molecule has 0 heterocycles. The van der Waals surface area contributed by atoms with Crippen molar-refractivity contribution in [1.82, 2.24) is 5.32 Å². The minimum Gasteiger partial charge on any atom is -0.481 e. The molecule has 130 valence electrons. The second-order valence-electron chi connectivity index (χ2n) is 5.68. The molecular formula is C16H26N2O4S. The van der Waals surface area contributed by atoms with Gasteiger partial charge in [-0.3, -0.25) is 9.10 Å². The van der Waals surface area contributed by atoms with Crippen LogP contribution >= 0.6 is 0 Å². The van der Waals surface area contributed by atoms with Crippen molar-refractivity contribution in [3.05, 3.63) is 24.3 Å². The average Bonchev–Trinajstić information content (AvgIpc) is 2.46. The van der Waals surface area contributed by atoms with Gasteiger partial charge in [-0.25, -0.2) is 8.42 Å². The van der Waals surface area contributed by atoms with Gasteiger partial charge in [-0.1, -0.05) is 13.3 Å². The van der Waals surface area contributed by atoms with Gasteiger partial charge in [-0.15, -0.1) is 0 Å². The van der Waals surface area contributed by atoms with Crippen LogP contribution in [0, 0.1) is 0 Å². The monoisotopic (exact) mass is 342 g/mol. The Morgan fingerprint density at radius 3 is 2.30 bits per heavy atom. The predicted molar refractivity (Wildman–Crippen MR) is 92.3 cm³/mol. The third-order valence-electron chi connectivity index (χ3n) is 3.49. The zero-order valence-electron chi connectivity index (χ0n) is 14.4. The predicted octanol–water partition coefficient (Wildman–Crippen LogP) is 2.15. The summed E-state index contributed by atoms with van der Waals surface area (Å²) in [6, 6.07) is 6.69. The highest BCUT2D eigenvalue weighted by molar-refractivity contribution is 7.92. The first-order valence-electron chi connectivity index (χ1n) is 7.66. The number of benzene rings is 1. The fraction of sp³-hybridized carbons (Fsp3) is 0.562. The summed E-state index contributed by atoms with van der Waals surface area (Å²) in [4.78, 5) is 12.0. The van der Waals surface area contributed by atoms with Crippen molar-refractivity contribution in [2.24, 2.45) is 0 Å². The van der Waals surface area contributed by atoms with Crippen LogP contribution in [0.1, 0.15) is 33.6 Å². The number of hydrogen-bond acceptors (Lipinski definition) is 4. The molecule has 0 spiro atoms. The highest BCUT2D eigenvalue weighted by atomic mass is 32.2. The lowest BCUT2D eigenvalue weighted by atomic mass is 10.2. The minimum atomic E-state index is -3.30. The van der Waals surface area contributed by atoms with E-state index in [1.165, 1.54) is 11.4 Å². The van der Waals surface area contributed by atoms with Crippen molar-refractivity contribution in [1.29, 1.82) is 0 Å². The van der Waals surface area contributed by atoms with E-state index in [1.54, 1.807) is 31.2 Å². The first kappa shape index (κ1) is 19.3. The van der Waals surface area contributed by atoms with E-state index in [1.807, 2.05) is 6.92 Å². The van der Waals surface area contributed by atoms with E-state index >= 15 is 0 Å². The Morgan fingerprint density at radius 2 is 1.83 bits per heavy atom. The maximum Gasteiger partial charge on any atom is 0.260 e. The van der Waals surface area contributed by atoms with Crippen LogP contribution in [-0.2, 0) is 14.8 Å². The fourth-order valence-electron chi connectivity index (χ4n) is 2.05. The van der Waals surface area contributed by atoms with Crippen LogP contribution in [0.5, 0.6) is 5.75 Å². The van der Waals surface area contributed by atoms with Crippen LogP contribution in [-0.4, -0.2) is 39.8 Å². The molecule has 0 saturated carbocycles. The molecule has 0 saturated heterocycles. The Balaban J connectivity index is 2.66. The molecule has 1 rings (SSSR count). The fourth-order valence-corrected chi connectivity index (χ4v) is 2.55.